The average molecular weight is 433 g/mol. The van der Waals surface area contributed by atoms with Crippen LogP contribution in [0.15, 0.2) is 47.4 Å². The van der Waals surface area contributed by atoms with Crippen molar-refractivity contribution in [1.82, 2.24) is 5.32 Å². The van der Waals surface area contributed by atoms with Crippen LogP contribution in [-0.2, 0) is 16.6 Å². The van der Waals surface area contributed by atoms with Crippen molar-refractivity contribution in [1.29, 1.82) is 0 Å². The molecule has 0 aromatic heterocycles. The van der Waals surface area contributed by atoms with Gasteiger partial charge in [-0.25, -0.2) is 13.6 Å². The van der Waals surface area contributed by atoms with Crippen molar-refractivity contribution in [2.45, 2.75) is 37.1 Å². The Labute approximate surface area is 175 Å². The van der Waals surface area contributed by atoms with E-state index in [9.17, 15) is 23.3 Å². The number of anilines is 1. The van der Waals surface area contributed by atoms with Gasteiger partial charge in [0.2, 0.25) is 10.0 Å². The van der Waals surface area contributed by atoms with Crippen LogP contribution in [0.4, 0.5) is 11.4 Å². The molecule has 1 heterocycles. The molecule has 160 valence electrons. The number of nitrogens with one attached hydrogen (secondary N) is 1. The number of hydrogen-bond donors (Lipinski definition) is 2. The first-order chi connectivity index (χ1) is 14.3. The SMILES string of the molecule is NS(=O)(=O)c1cccc(CNC(=O)c2ccc(N3CCCCCC3)c([N+](=O)[O-])c2)c1. The van der Waals surface area contributed by atoms with Crippen molar-refractivity contribution in [3.63, 3.8) is 0 Å². The summed E-state index contributed by atoms with van der Waals surface area (Å²) in [6.07, 6.45) is 4.18. The number of primary sulfonamides is 1. The van der Waals surface area contributed by atoms with E-state index in [1.807, 2.05) is 4.90 Å². The van der Waals surface area contributed by atoms with Gasteiger partial charge in [0.1, 0.15) is 5.69 Å². The Bertz CT molecular complexity index is 1050. The van der Waals surface area contributed by atoms with Crippen molar-refractivity contribution < 1.29 is 18.1 Å². The lowest BCUT2D eigenvalue weighted by molar-refractivity contribution is -0.384. The fourth-order valence-corrected chi connectivity index (χ4v) is 4.09. The number of carbonyl (C=O) groups excluding carboxylic acids is 1. The van der Waals surface area contributed by atoms with Crippen LogP contribution in [0.3, 0.4) is 0 Å². The monoisotopic (exact) mass is 432 g/mol. The predicted octanol–water partition coefficient (Wildman–Crippen LogP) is 2.55. The largest absolute Gasteiger partial charge is 0.366 e. The summed E-state index contributed by atoms with van der Waals surface area (Å²) >= 11 is 0. The van der Waals surface area contributed by atoms with Crippen molar-refractivity contribution in [3.8, 4) is 0 Å². The minimum absolute atomic E-state index is 0.0494. The molecule has 30 heavy (non-hydrogen) atoms. The Morgan fingerprint density at radius 3 is 2.43 bits per heavy atom. The zero-order valence-electron chi connectivity index (χ0n) is 16.4. The van der Waals surface area contributed by atoms with E-state index < -0.39 is 20.9 Å². The van der Waals surface area contributed by atoms with E-state index >= 15 is 0 Å². The Morgan fingerprint density at radius 2 is 1.80 bits per heavy atom. The van der Waals surface area contributed by atoms with E-state index in [0.29, 0.717) is 11.3 Å². The van der Waals surface area contributed by atoms with Gasteiger partial charge in [-0.2, -0.15) is 0 Å². The fraction of sp³-hybridized carbons (Fsp3) is 0.350. The molecule has 0 spiro atoms. The number of nitrogens with zero attached hydrogens (tertiary/aromatic N) is 2. The Balaban J connectivity index is 1.76. The molecule has 1 fully saturated rings. The third-order valence-corrected chi connectivity index (χ3v) is 5.97. The standard InChI is InChI=1S/C20H24N4O5S/c21-30(28,29)17-7-5-6-15(12-17)14-22-20(25)16-8-9-18(19(13-16)24(26)27)23-10-3-1-2-4-11-23/h5-9,12-13H,1-4,10-11,14H2,(H,22,25)(H2,21,28,29). The van der Waals surface area contributed by atoms with Crippen molar-refractivity contribution in [3.05, 3.63) is 63.7 Å². The summed E-state index contributed by atoms with van der Waals surface area (Å²) in [7, 11) is -3.84. The number of benzene rings is 2. The second-order valence-electron chi connectivity index (χ2n) is 7.24. The van der Waals surface area contributed by atoms with Gasteiger partial charge in [0.25, 0.3) is 11.6 Å². The van der Waals surface area contributed by atoms with Crippen molar-refractivity contribution in [2.24, 2.45) is 5.14 Å². The van der Waals surface area contributed by atoms with Crippen LogP contribution in [0.1, 0.15) is 41.6 Å². The summed E-state index contributed by atoms with van der Waals surface area (Å²) in [6, 6.07) is 10.4. The molecule has 0 aliphatic carbocycles. The van der Waals surface area contributed by atoms with E-state index in [2.05, 4.69) is 5.32 Å². The van der Waals surface area contributed by atoms with Crippen LogP contribution < -0.4 is 15.4 Å². The summed E-state index contributed by atoms with van der Waals surface area (Å²) in [5, 5.41) is 19.4. The van der Waals surface area contributed by atoms with Crippen LogP contribution in [0.2, 0.25) is 0 Å². The minimum Gasteiger partial charge on any atom is -0.366 e. The van der Waals surface area contributed by atoms with Gasteiger partial charge in [-0.15, -0.1) is 0 Å². The van der Waals surface area contributed by atoms with Gasteiger partial charge in [0, 0.05) is 31.3 Å². The summed E-state index contributed by atoms with van der Waals surface area (Å²) in [5.74, 6) is -0.485. The molecule has 2 aromatic carbocycles. The number of rotatable bonds is 6. The lowest BCUT2D eigenvalue weighted by Crippen LogP contribution is -2.26. The maximum Gasteiger partial charge on any atom is 0.293 e. The van der Waals surface area contributed by atoms with Crippen LogP contribution >= 0.6 is 0 Å². The van der Waals surface area contributed by atoms with Crippen molar-refractivity contribution >= 4 is 27.3 Å². The predicted molar refractivity (Wildman–Crippen MR) is 113 cm³/mol. The Morgan fingerprint density at radius 1 is 1.10 bits per heavy atom. The average Bonchev–Trinajstić information content (AvgIpc) is 3.00. The third-order valence-electron chi connectivity index (χ3n) is 5.06. The van der Waals surface area contributed by atoms with Crippen LogP contribution in [0, 0.1) is 10.1 Å². The maximum atomic E-state index is 12.5. The molecule has 1 aliphatic heterocycles. The number of carbonyl (C=O) groups is 1. The Kier molecular flexibility index (Phi) is 6.68. The quantitative estimate of drug-likeness (QED) is 0.532. The molecule has 1 amide bonds. The molecule has 0 radical (unpaired) electrons. The van der Waals surface area contributed by atoms with Gasteiger partial charge in [-0.1, -0.05) is 25.0 Å². The lowest BCUT2D eigenvalue weighted by atomic mass is 10.1. The summed E-state index contributed by atoms with van der Waals surface area (Å²) in [6.45, 7) is 1.57. The molecule has 3 N–H and O–H groups in total. The van der Waals surface area contributed by atoms with E-state index in [4.69, 9.17) is 5.14 Å². The van der Waals surface area contributed by atoms with Gasteiger partial charge >= 0.3 is 0 Å². The van der Waals surface area contributed by atoms with Gasteiger partial charge < -0.3 is 10.2 Å². The zero-order chi connectivity index (χ0) is 21.7. The maximum absolute atomic E-state index is 12.5. The summed E-state index contributed by atoms with van der Waals surface area (Å²) in [4.78, 5) is 25.6. The van der Waals surface area contributed by atoms with Crippen LogP contribution in [0.25, 0.3) is 0 Å². The Hall–Kier alpha value is -2.98. The first-order valence-corrected chi connectivity index (χ1v) is 11.2. The highest BCUT2D eigenvalue weighted by molar-refractivity contribution is 7.89. The summed E-state index contributed by atoms with van der Waals surface area (Å²) in [5.41, 5.74) is 1.15. The molecular weight excluding hydrogens is 408 g/mol. The van der Waals surface area contributed by atoms with Gasteiger partial charge in [-0.3, -0.25) is 14.9 Å². The molecule has 1 aliphatic rings. The minimum atomic E-state index is -3.84. The summed E-state index contributed by atoms with van der Waals surface area (Å²) < 4.78 is 22.9. The second-order valence-corrected chi connectivity index (χ2v) is 8.80. The number of amides is 1. The fourth-order valence-electron chi connectivity index (χ4n) is 3.51. The van der Waals surface area contributed by atoms with Gasteiger partial charge in [-0.05, 0) is 42.7 Å². The molecule has 3 rings (SSSR count). The highest BCUT2D eigenvalue weighted by Gasteiger charge is 2.22. The third kappa shape index (κ3) is 5.33. The second kappa shape index (κ2) is 9.23. The smallest absolute Gasteiger partial charge is 0.293 e. The normalized spacial score (nSPS) is 14.8. The molecule has 10 heteroatoms. The number of nitro benzene ring substituents is 1. The number of nitrogens with two attached hydrogens (primary N) is 1. The van der Waals surface area contributed by atoms with Crippen LogP contribution in [0.5, 0.6) is 0 Å². The highest BCUT2D eigenvalue weighted by Crippen LogP contribution is 2.31. The zero-order valence-corrected chi connectivity index (χ0v) is 17.2. The topological polar surface area (TPSA) is 136 Å². The first-order valence-electron chi connectivity index (χ1n) is 9.69. The number of nitro groups is 1. The number of sulfonamides is 1. The van der Waals surface area contributed by atoms with Crippen molar-refractivity contribution in [2.75, 3.05) is 18.0 Å². The molecule has 0 atom stereocenters. The molecule has 0 unspecified atom stereocenters. The number of hydrogen-bond acceptors (Lipinski definition) is 6. The molecule has 0 bridgehead atoms. The van der Waals surface area contributed by atoms with Crippen LogP contribution in [-0.4, -0.2) is 32.3 Å². The molecule has 9 nitrogen and oxygen atoms in total. The molecule has 2 aromatic rings. The molecule has 1 saturated heterocycles. The van der Waals surface area contributed by atoms with E-state index in [0.717, 1.165) is 38.8 Å². The molecular formula is C20H24N4O5S. The lowest BCUT2D eigenvalue weighted by Gasteiger charge is -2.22. The van der Waals surface area contributed by atoms with Gasteiger partial charge in [0.05, 0.1) is 9.82 Å². The van der Waals surface area contributed by atoms with E-state index in [-0.39, 0.29) is 22.7 Å². The first kappa shape index (κ1) is 21.7. The van der Waals surface area contributed by atoms with E-state index in [1.165, 1.54) is 24.3 Å². The van der Waals surface area contributed by atoms with Gasteiger partial charge in [0.15, 0.2) is 0 Å². The molecule has 0 saturated carbocycles. The van der Waals surface area contributed by atoms with E-state index in [1.54, 1.807) is 18.2 Å². The highest BCUT2D eigenvalue weighted by atomic mass is 32.2.